The van der Waals surface area contributed by atoms with E-state index in [1.165, 1.54) is 0 Å². The van der Waals surface area contributed by atoms with Crippen LogP contribution in [0.15, 0.2) is 0 Å². The van der Waals surface area contributed by atoms with E-state index >= 15 is 0 Å². The molecule has 0 aliphatic rings. The van der Waals surface area contributed by atoms with Crippen LogP contribution < -0.4 is 10.6 Å². The monoisotopic (exact) mass is 275 g/mol. The number of carboxylic acids is 2. The van der Waals surface area contributed by atoms with Crippen LogP contribution in [0.3, 0.4) is 0 Å². The molecule has 2 amide bonds. The summed E-state index contributed by atoms with van der Waals surface area (Å²) in [6.07, 6.45) is -0.468. The molecule has 8 nitrogen and oxygen atoms in total. The molecule has 0 aliphatic heterocycles. The molecule has 110 valence electrons. The van der Waals surface area contributed by atoms with Gasteiger partial charge < -0.3 is 25.7 Å². The van der Waals surface area contributed by atoms with Crippen LogP contribution >= 0.6 is 0 Å². The first-order valence-corrected chi connectivity index (χ1v) is 5.88. The van der Waals surface area contributed by atoms with Crippen molar-refractivity contribution in [1.82, 2.24) is 15.5 Å². The molecule has 0 aromatic carbocycles. The zero-order valence-corrected chi connectivity index (χ0v) is 11.3. The number of hydrogen-bond acceptors (Lipinski definition) is 4. The first-order chi connectivity index (χ1) is 8.72. The van der Waals surface area contributed by atoms with Gasteiger partial charge in [0, 0.05) is 19.0 Å². The van der Waals surface area contributed by atoms with Crippen molar-refractivity contribution in [1.29, 1.82) is 0 Å². The molecule has 0 aromatic rings. The number of carbonyl (C=O) groups is 3. The van der Waals surface area contributed by atoms with Gasteiger partial charge >= 0.3 is 18.0 Å². The zero-order valence-electron chi connectivity index (χ0n) is 11.3. The highest BCUT2D eigenvalue weighted by Gasteiger charge is 2.21. The first-order valence-electron chi connectivity index (χ1n) is 5.88. The maximum absolute atomic E-state index is 11.5. The van der Waals surface area contributed by atoms with Gasteiger partial charge in [0.05, 0.1) is 0 Å². The normalized spacial score (nSPS) is 13.7. The van der Waals surface area contributed by atoms with Crippen LogP contribution in [-0.4, -0.2) is 65.8 Å². The quantitative estimate of drug-likeness (QED) is 0.476. The number of likely N-dealkylation sites (N-methyl/N-ethyl adjacent to an activating group) is 1. The number of nitrogens with zero attached hydrogens (tertiary/aromatic N) is 1. The van der Waals surface area contributed by atoms with Crippen molar-refractivity contribution in [3.63, 3.8) is 0 Å². The number of nitrogens with one attached hydrogen (secondary N) is 2. The van der Waals surface area contributed by atoms with Gasteiger partial charge in [-0.2, -0.15) is 0 Å². The number of carbonyl (C=O) groups excluding carboxylic acids is 1. The minimum atomic E-state index is -1.25. The number of urea groups is 1. The second-order valence-corrected chi connectivity index (χ2v) is 4.60. The summed E-state index contributed by atoms with van der Waals surface area (Å²) in [5.41, 5.74) is 0. The molecule has 0 rings (SSSR count). The van der Waals surface area contributed by atoms with Crippen molar-refractivity contribution >= 4 is 18.0 Å². The van der Waals surface area contributed by atoms with Crippen molar-refractivity contribution in [2.24, 2.45) is 0 Å². The number of carboxylic acid groups (broad SMARTS) is 2. The molecule has 0 saturated heterocycles. The number of hydrogen-bond donors (Lipinski definition) is 4. The lowest BCUT2D eigenvalue weighted by Crippen LogP contribution is -2.50. The van der Waals surface area contributed by atoms with Crippen molar-refractivity contribution in [3.05, 3.63) is 0 Å². The van der Waals surface area contributed by atoms with E-state index in [0.29, 0.717) is 6.54 Å². The van der Waals surface area contributed by atoms with Crippen LogP contribution in [0.4, 0.5) is 4.79 Å². The maximum Gasteiger partial charge on any atom is 0.326 e. The molecular weight excluding hydrogens is 254 g/mol. The van der Waals surface area contributed by atoms with E-state index in [1.807, 2.05) is 19.0 Å². The predicted octanol–water partition coefficient (Wildman–Crippen LogP) is -0.446. The van der Waals surface area contributed by atoms with Gasteiger partial charge in [-0.05, 0) is 27.4 Å². The van der Waals surface area contributed by atoms with E-state index in [0.717, 1.165) is 0 Å². The van der Waals surface area contributed by atoms with Crippen LogP contribution in [0.1, 0.15) is 19.8 Å². The Morgan fingerprint density at radius 3 is 2.16 bits per heavy atom. The Labute approximate surface area is 111 Å². The average Bonchev–Trinajstić information content (AvgIpc) is 2.21. The van der Waals surface area contributed by atoms with Crippen molar-refractivity contribution in [3.8, 4) is 0 Å². The SMILES string of the molecule is CC(CN(C)C)NC(=O)N[C@@H](CCC(=O)O)C(=O)O. The van der Waals surface area contributed by atoms with Crippen molar-refractivity contribution in [2.45, 2.75) is 31.8 Å². The minimum Gasteiger partial charge on any atom is -0.481 e. The van der Waals surface area contributed by atoms with Gasteiger partial charge in [0.15, 0.2) is 0 Å². The summed E-state index contributed by atoms with van der Waals surface area (Å²) < 4.78 is 0. The lowest BCUT2D eigenvalue weighted by molar-refractivity contribution is -0.140. The first kappa shape index (κ1) is 17.2. The molecule has 8 heteroatoms. The van der Waals surface area contributed by atoms with Gasteiger partial charge in [-0.3, -0.25) is 4.79 Å². The lowest BCUT2D eigenvalue weighted by atomic mass is 10.1. The Bertz CT molecular complexity index is 332. The summed E-state index contributed by atoms with van der Waals surface area (Å²) in [4.78, 5) is 34.7. The van der Waals surface area contributed by atoms with E-state index in [1.54, 1.807) is 6.92 Å². The van der Waals surface area contributed by atoms with Crippen LogP contribution in [0, 0.1) is 0 Å². The number of amides is 2. The topological polar surface area (TPSA) is 119 Å². The van der Waals surface area contributed by atoms with E-state index in [9.17, 15) is 14.4 Å². The van der Waals surface area contributed by atoms with Crippen LogP contribution in [-0.2, 0) is 9.59 Å². The second kappa shape index (κ2) is 8.30. The minimum absolute atomic E-state index is 0.149. The van der Waals surface area contributed by atoms with Crippen molar-refractivity contribution < 1.29 is 24.6 Å². The number of aliphatic carboxylic acids is 2. The predicted molar refractivity (Wildman–Crippen MR) is 68.0 cm³/mol. The van der Waals surface area contributed by atoms with E-state index in [2.05, 4.69) is 10.6 Å². The molecule has 4 N–H and O–H groups in total. The summed E-state index contributed by atoms with van der Waals surface area (Å²) in [5.74, 6) is -2.36. The molecule has 0 aliphatic carbocycles. The van der Waals surface area contributed by atoms with Gasteiger partial charge in [0.2, 0.25) is 0 Å². The Balaban J connectivity index is 4.23. The Morgan fingerprint density at radius 1 is 1.16 bits per heavy atom. The molecule has 0 saturated carbocycles. The largest absolute Gasteiger partial charge is 0.481 e. The fourth-order valence-corrected chi connectivity index (χ4v) is 1.54. The molecule has 0 bridgehead atoms. The standard InChI is InChI=1S/C11H21N3O5/c1-7(6-14(2)3)12-11(19)13-8(10(17)18)4-5-9(15)16/h7-8H,4-6H2,1-3H3,(H,15,16)(H,17,18)(H2,12,13,19)/t7?,8-/m0/s1. The highest BCUT2D eigenvalue weighted by molar-refractivity contribution is 5.83. The molecule has 0 spiro atoms. The van der Waals surface area contributed by atoms with E-state index < -0.39 is 24.0 Å². The lowest BCUT2D eigenvalue weighted by Gasteiger charge is -2.20. The van der Waals surface area contributed by atoms with Crippen LogP contribution in [0.25, 0.3) is 0 Å². The van der Waals surface area contributed by atoms with Crippen LogP contribution in [0.2, 0.25) is 0 Å². The summed E-state index contributed by atoms with van der Waals surface area (Å²) in [6.45, 7) is 2.40. The molecule has 19 heavy (non-hydrogen) atoms. The van der Waals surface area contributed by atoms with Gasteiger partial charge in [0.25, 0.3) is 0 Å². The van der Waals surface area contributed by atoms with Crippen molar-refractivity contribution in [2.75, 3.05) is 20.6 Å². The average molecular weight is 275 g/mol. The molecular formula is C11H21N3O5. The smallest absolute Gasteiger partial charge is 0.326 e. The van der Waals surface area contributed by atoms with Crippen LogP contribution in [0.5, 0.6) is 0 Å². The molecule has 0 heterocycles. The summed E-state index contributed by atoms with van der Waals surface area (Å²) >= 11 is 0. The second-order valence-electron chi connectivity index (χ2n) is 4.60. The summed E-state index contributed by atoms with van der Waals surface area (Å²) in [6, 6.07) is -1.97. The fraction of sp³-hybridized carbons (Fsp3) is 0.727. The molecule has 0 fully saturated rings. The Morgan fingerprint density at radius 2 is 1.74 bits per heavy atom. The van der Waals surface area contributed by atoms with E-state index in [-0.39, 0.29) is 18.9 Å². The summed E-state index contributed by atoms with van der Waals surface area (Å²) in [7, 11) is 3.70. The zero-order chi connectivity index (χ0) is 15.0. The third-order valence-electron chi connectivity index (χ3n) is 2.27. The Kier molecular flexibility index (Phi) is 7.50. The van der Waals surface area contributed by atoms with Gasteiger partial charge in [0.1, 0.15) is 6.04 Å². The number of rotatable bonds is 8. The maximum atomic E-state index is 11.5. The summed E-state index contributed by atoms with van der Waals surface area (Å²) in [5, 5.41) is 22.2. The highest BCUT2D eigenvalue weighted by Crippen LogP contribution is 1.98. The van der Waals surface area contributed by atoms with Gasteiger partial charge in [-0.25, -0.2) is 9.59 Å². The molecule has 2 atom stereocenters. The third kappa shape index (κ3) is 8.83. The third-order valence-corrected chi connectivity index (χ3v) is 2.27. The molecule has 0 aromatic heterocycles. The molecule has 0 radical (unpaired) electrons. The van der Waals surface area contributed by atoms with E-state index in [4.69, 9.17) is 10.2 Å². The fourth-order valence-electron chi connectivity index (χ4n) is 1.54. The molecule has 1 unspecified atom stereocenters. The highest BCUT2D eigenvalue weighted by atomic mass is 16.4. The van der Waals surface area contributed by atoms with Gasteiger partial charge in [-0.1, -0.05) is 0 Å². The Hall–Kier alpha value is -1.83. The van der Waals surface area contributed by atoms with Gasteiger partial charge in [-0.15, -0.1) is 0 Å².